The summed E-state index contributed by atoms with van der Waals surface area (Å²) in [5.41, 5.74) is 3.80. The maximum atomic E-state index is 13.0. The van der Waals surface area contributed by atoms with Crippen LogP contribution in [0.4, 0.5) is 24.5 Å². The first-order valence-electron chi connectivity index (χ1n) is 11.6. The molecular formula is C26H25F3N4O3. The predicted octanol–water partition coefficient (Wildman–Crippen LogP) is 4.09. The maximum absolute atomic E-state index is 13.0. The van der Waals surface area contributed by atoms with Crippen LogP contribution in [-0.2, 0) is 17.3 Å². The van der Waals surface area contributed by atoms with Crippen LogP contribution < -0.4 is 10.2 Å². The van der Waals surface area contributed by atoms with Gasteiger partial charge in [-0.25, -0.2) is 0 Å². The minimum Gasteiger partial charge on any atom is -0.396 e. The standard InChI is InChI=1S/C26H25F3N4O3/c1-15-2-3-19(32-25(35)16-4-5-30-24(10-16)26(27,28)29)11-20(15)17-9-22-21(31-12-17)8-18(13-34)23-14-36-7-6-33(22)23/h2-5,9-12,18,23,34H,6-8,13-14H2,1H3,(H,32,35)/t18-,23-/m1/s1. The Morgan fingerprint density at radius 3 is 2.83 bits per heavy atom. The molecule has 0 bridgehead atoms. The van der Waals surface area contributed by atoms with Crippen molar-refractivity contribution in [2.24, 2.45) is 5.92 Å². The van der Waals surface area contributed by atoms with Crippen LogP contribution in [0.2, 0.25) is 0 Å². The number of aryl methyl sites for hydroxylation is 1. The van der Waals surface area contributed by atoms with Gasteiger partial charge in [0, 0.05) is 48.3 Å². The Labute approximate surface area is 205 Å². The lowest BCUT2D eigenvalue weighted by molar-refractivity contribution is -0.141. The van der Waals surface area contributed by atoms with Gasteiger partial charge in [-0.15, -0.1) is 0 Å². The Hall–Kier alpha value is -3.50. The molecule has 10 heteroatoms. The van der Waals surface area contributed by atoms with Crippen molar-refractivity contribution in [2.75, 3.05) is 36.6 Å². The van der Waals surface area contributed by atoms with E-state index in [1.54, 1.807) is 18.3 Å². The van der Waals surface area contributed by atoms with E-state index < -0.39 is 17.8 Å². The smallest absolute Gasteiger partial charge is 0.396 e. The average Bonchev–Trinajstić information content (AvgIpc) is 2.88. The molecule has 36 heavy (non-hydrogen) atoms. The van der Waals surface area contributed by atoms with Crippen molar-refractivity contribution in [1.82, 2.24) is 9.97 Å². The summed E-state index contributed by atoms with van der Waals surface area (Å²) in [6.07, 6.45) is -1.22. The summed E-state index contributed by atoms with van der Waals surface area (Å²) < 4.78 is 44.6. The highest BCUT2D eigenvalue weighted by molar-refractivity contribution is 6.04. The summed E-state index contributed by atoms with van der Waals surface area (Å²) in [6.45, 7) is 3.87. The number of rotatable bonds is 4. The van der Waals surface area contributed by atoms with E-state index in [1.165, 1.54) is 6.07 Å². The fourth-order valence-corrected chi connectivity index (χ4v) is 4.86. The molecule has 3 aromatic rings. The van der Waals surface area contributed by atoms with E-state index in [2.05, 4.69) is 21.3 Å². The number of ether oxygens (including phenoxy) is 1. The Morgan fingerprint density at radius 2 is 2.06 bits per heavy atom. The van der Waals surface area contributed by atoms with Gasteiger partial charge < -0.3 is 20.1 Å². The zero-order valence-electron chi connectivity index (χ0n) is 19.5. The van der Waals surface area contributed by atoms with Gasteiger partial charge in [0.2, 0.25) is 0 Å². The van der Waals surface area contributed by atoms with Gasteiger partial charge in [0.15, 0.2) is 0 Å². The molecule has 1 amide bonds. The van der Waals surface area contributed by atoms with Crippen LogP contribution in [-0.4, -0.2) is 53.4 Å². The summed E-state index contributed by atoms with van der Waals surface area (Å²) >= 11 is 0. The van der Waals surface area contributed by atoms with Crippen molar-refractivity contribution in [3.05, 3.63) is 71.3 Å². The van der Waals surface area contributed by atoms with Gasteiger partial charge in [-0.05, 0) is 54.8 Å². The van der Waals surface area contributed by atoms with Gasteiger partial charge >= 0.3 is 6.18 Å². The van der Waals surface area contributed by atoms with Crippen molar-refractivity contribution in [3.63, 3.8) is 0 Å². The summed E-state index contributed by atoms with van der Waals surface area (Å²) in [7, 11) is 0. The second-order valence-electron chi connectivity index (χ2n) is 9.08. The summed E-state index contributed by atoms with van der Waals surface area (Å²) in [6, 6.07) is 9.47. The van der Waals surface area contributed by atoms with Gasteiger partial charge in [0.1, 0.15) is 5.69 Å². The molecule has 188 valence electrons. The van der Waals surface area contributed by atoms with Crippen LogP contribution in [0.15, 0.2) is 48.8 Å². The summed E-state index contributed by atoms with van der Waals surface area (Å²) in [5.74, 6) is -0.602. The van der Waals surface area contributed by atoms with Gasteiger partial charge in [0.25, 0.3) is 5.91 Å². The monoisotopic (exact) mass is 498 g/mol. The van der Waals surface area contributed by atoms with E-state index in [0.717, 1.165) is 40.3 Å². The molecule has 0 spiro atoms. The minimum absolute atomic E-state index is 0.0578. The number of aliphatic hydroxyl groups is 1. The number of hydrogen-bond donors (Lipinski definition) is 2. The van der Waals surface area contributed by atoms with Crippen molar-refractivity contribution < 1.29 is 27.8 Å². The van der Waals surface area contributed by atoms with Crippen LogP contribution in [0, 0.1) is 12.8 Å². The number of pyridine rings is 2. The Bertz CT molecular complexity index is 1300. The van der Waals surface area contributed by atoms with Crippen LogP contribution in [0.1, 0.15) is 27.3 Å². The Morgan fingerprint density at radius 1 is 1.22 bits per heavy atom. The Balaban J connectivity index is 1.43. The average molecular weight is 499 g/mol. The first kappa shape index (κ1) is 24.2. The number of amides is 1. The highest BCUT2D eigenvalue weighted by Gasteiger charge is 2.37. The van der Waals surface area contributed by atoms with Crippen molar-refractivity contribution in [3.8, 4) is 11.1 Å². The number of halogens is 3. The molecule has 0 saturated carbocycles. The lowest BCUT2D eigenvalue weighted by atomic mass is 9.87. The first-order valence-corrected chi connectivity index (χ1v) is 11.6. The lowest BCUT2D eigenvalue weighted by Crippen LogP contribution is -2.54. The van der Waals surface area contributed by atoms with Crippen molar-refractivity contribution >= 4 is 17.3 Å². The number of alkyl halides is 3. The molecule has 0 unspecified atom stereocenters. The molecule has 2 aliphatic heterocycles. The molecule has 0 radical (unpaired) electrons. The molecular weight excluding hydrogens is 473 g/mol. The molecule has 1 aromatic carbocycles. The molecule has 2 aliphatic rings. The van der Waals surface area contributed by atoms with Crippen molar-refractivity contribution in [2.45, 2.75) is 25.6 Å². The van der Waals surface area contributed by atoms with Crippen LogP contribution >= 0.6 is 0 Å². The van der Waals surface area contributed by atoms with Crippen LogP contribution in [0.3, 0.4) is 0 Å². The lowest BCUT2D eigenvalue weighted by Gasteiger charge is -2.45. The third-order valence-electron chi connectivity index (χ3n) is 6.78. The number of carbonyl (C=O) groups is 1. The molecule has 2 atom stereocenters. The number of carbonyl (C=O) groups excluding carboxylic acids is 1. The summed E-state index contributed by atoms with van der Waals surface area (Å²) in [5, 5.41) is 12.5. The Kier molecular flexibility index (Phi) is 6.40. The van der Waals surface area contributed by atoms with E-state index in [0.29, 0.717) is 31.9 Å². The molecule has 2 aromatic heterocycles. The predicted molar refractivity (Wildman–Crippen MR) is 128 cm³/mol. The van der Waals surface area contributed by atoms with Gasteiger partial charge in [-0.2, -0.15) is 13.2 Å². The third kappa shape index (κ3) is 4.66. The summed E-state index contributed by atoms with van der Waals surface area (Å²) in [4.78, 5) is 22.9. The number of aromatic nitrogens is 2. The quantitative estimate of drug-likeness (QED) is 0.564. The molecule has 2 N–H and O–H groups in total. The van der Waals surface area contributed by atoms with Crippen molar-refractivity contribution in [1.29, 1.82) is 0 Å². The largest absolute Gasteiger partial charge is 0.433 e. The van der Waals surface area contributed by atoms with Gasteiger partial charge in [-0.3, -0.25) is 14.8 Å². The second kappa shape index (κ2) is 9.51. The fraction of sp³-hybridized carbons (Fsp3) is 0.346. The highest BCUT2D eigenvalue weighted by atomic mass is 19.4. The first-order chi connectivity index (χ1) is 17.2. The van der Waals surface area contributed by atoms with Crippen LogP contribution in [0.25, 0.3) is 11.1 Å². The minimum atomic E-state index is -4.64. The van der Waals surface area contributed by atoms with E-state index in [9.17, 15) is 23.1 Å². The highest BCUT2D eigenvalue weighted by Crippen LogP contribution is 2.38. The topological polar surface area (TPSA) is 87.6 Å². The number of morpholine rings is 1. The number of nitrogens with zero attached hydrogens (tertiary/aromatic N) is 3. The number of anilines is 2. The molecule has 7 nitrogen and oxygen atoms in total. The zero-order chi connectivity index (χ0) is 25.4. The normalized spacial score (nSPS) is 19.4. The zero-order valence-corrected chi connectivity index (χ0v) is 19.5. The van der Waals surface area contributed by atoms with Gasteiger partial charge in [-0.1, -0.05) is 6.07 Å². The molecule has 0 aliphatic carbocycles. The number of fused-ring (bicyclic) bond motifs is 3. The third-order valence-corrected chi connectivity index (χ3v) is 6.78. The van der Waals surface area contributed by atoms with E-state index in [4.69, 9.17) is 9.72 Å². The molecule has 1 saturated heterocycles. The second-order valence-corrected chi connectivity index (χ2v) is 9.08. The van der Waals surface area contributed by atoms with Crippen LogP contribution in [0.5, 0.6) is 0 Å². The number of hydrogen-bond acceptors (Lipinski definition) is 6. The maximum Gasteiger partial charge on any atom is 0.433 e. The van der Waals surface area contributed by atoms with E-state index in [1.807, 2.05) is 13.0 Å². The fourth-order valence-electron chi connectivity index (χ4n) is 4.86. The number of nitrogens with one attached hydrogen (secondary N) is 1. The molecule has 5 rings (SSSR count). The van der Waals surface area contributed by atoms with E-state index >= 15 is 0 Å². The molecule has 1 fully saturated rings. The number of aliphatic hydroxyl groups excluding tert-OH is 1. The van der Waals surface area contributed by atoms with E-state index in [-0.39, 0.29) is 24.1 Å². The number of benzene rings is 1. The molecule has 4 heterocycles. The van der Waals surface area contributed by atoms with Gasteiger partial charge in [0.05, 0.1) is 30.6 Å². The SMILES string of the molecule is Cc1ccc(NC(=O)c2ccnc(C(F)(F)F)c2)cc1-c1cnc2c(c1)N1CCOC[C@@H]1[C@@H](CO)C2.